The van der Waals surface area contributed by atoms with E-state index in [4.69, 9.17) is 21.1 Å². The van der Waals surface area contributed by atoms with Crippen molar-refractivity contribution >= 4 is 11.6 Å². The molecular weight excluding hydrogens is 264 g/mol. The first-order valence-corrected chi connectivity index (χ1v) is 6.19. The first kappa shape index (κ1) is 13.8. The zero-order chi connectivity index (χ0) is 13.8. The fraction of sp³-hybridized carbons (Fsp3) is 0.286. The average Bonchev–Trinajstić information content (AvgIpc) is 2.38. The molecule has 0 aliphatic carbocycles. The van der Waals surface area contributed by atoms with Gasteiger partial charge in [-0.2, -0.15) is 0 Å². The van der Waals surface area contributed by atoms with Crippen LogP contribution in [0.5, 0.6) is 5.75 Å². The van der Waals surface area contributed by atoms with Crippen molar-refractivity contribution < 1.29 is 9.47 Å². The van der Waals surface area contributed by atoms with Gasteiger partial charge in [-0.1, -0.05) is 11.6 Å². The van der Waals surface area contributed by atoms with E-state index in [-0.39, 0.29) is 0 Å². The van der Waals surface area contributed by atoms with Gasteiger partial charge in [0.15, 0.2) is 5.82 Å². The highest BCUT2D eigenvalue weighted by molar-refractivity contribution is 6.29. The molecule has 19 heavy (non-hydrogen) atoms. The van der Waals surface area contributed by atoms with Crippen molar-refractivity contribution in [2.45, 2.75) is 13.5 Å². The Morgan fingerprint density at radius 1 is 1.16 bits per heavy atom. The highest BCUT2D eigenvalue weighted by atomic mass is 35.5. The normalized spacial score (nSPS) is 10.5. The Bertz CT molecular complexity index is 588. The van der Waals surface area contributed by atoms with E-state index in [9.17, 15) is 0 Å². The number of hydrogen-bond donors (Lipinski definition) is 0. The molecule has 0 amide bonds. The second-order valence-corrected chi connectivity index (χ2v) is 4.51. The van der Waals surface area contributed by atoms with E-state index in [1.165, 1.54) is 0 Å². The van der Waals surface area contributed by atoms with Crippen molar-refractivity contribution in [1.82, 2.24) is 9.97 Å². The predicted octanol–water partition coefficient (Wildman–Crippen LogP) is 3.26. The predicted molar refractivity (Wildman–Crippen MR) is 74.5 cm³/mol. The summed E-state index contributed by atoms with van der Waals surface area (Å²) in [5.41, 5.74) is 2.68. The van der Waals surface area contributed by atoms with Crippen LogP contribution in [0.15, 0.2) is 24.3 Å². The summed E-state index contributed by atoms with van der Waals surface area (Å²) in [6.45, 7) is 2.38. The van der Waals surface area contributed by atoms with Gasteiger partial charge in [0.1, 0.15) is 10.9 Å². The van der Waals surface area contributed by atoms with E-state index in [0.717, 1.165) is 22.6 Å². The Kier molecular flexibility index (Phi) is 4.35. The molecule has 0 spiro atoms. The summed E-state index contributed by atoms with van der Waals surface area (Å²) in [4.78, 5) is 8.67. The molecule has 0 fully saturated rings. The van der Waals surface area contributed by atoms with Gasteiger partial charge in [-0.25, -0.2) is 9.97 Å². The lowest BCUT2D eigenvalue weighted by molar-refractivity contribution is 0.181. The average molecular weight is 279 g/mol. The fourth-order valence-corrected chi connectivity index (χ4v) is 2.04. The maximum absolute atomic E-state index is 6.00. The van der Waals surface area contributed by atoms with E-state index < -0.39 is 0 Å². The summed E-state index contributed by atoms with van der Waals surface area (Å²) >= 11 is 6.00. The van der Waals surface area contributed by atoms with Crippen molar-refractivity contribution in [1.29, 1.82) is 0 Å². The minimum absolute atomic E-state index is 0.407. The van der Waals surface area contributed by atoms with E-state index in [1.807, 2.05) is 25.1 Å². The molecule has 0 atom stereocenters. The Labute approximate surface area is 117 Å². The minimum Gasteiger partial charge on any atom is -0.496 e. The van der Waals surface area contributed by atoms with Gasteiger partial charge in [0.05, 0.1) is 19.4 Å². The second-order valence-electron chi connectivity index (χ2n) is 4.12. The van der Waals surface area contributed by atoms with Crippen molar-refractivity contribution in [3.63, 3.8) is 0 Å². The smallest absolute Gasteiger partial charge is 0.161 e. The number of aromatic nitrogens is 2. The number of ether oxygens (including phenoxy) is 2. The Morgan fingerprint density at radius 3 is 2.58 bits per heavy atom. The molecule has 0 radical (unpaired) electrons. The molecule has 1 aromatic heterocycles. The summed E-state index contributed by atoms with van der Waals surface area (Å²) in [5.74, 6) is 1.42. The number of rotatable bonds is 4. The van der Waals surface area contributed by atoms with Crippen LogP contribution in [0.1, 0.15) is 11.3 Å². The van der Waals surface area contributed by atoms with Crippen LogP contribution in [0.3, 0.4) is 0 Å². The maximum atomic E-state index is 6.00. The Hall–Kier alpha value is -1.65. The molecule has 0 aliphatic heterocycles. The van der Waals surface area contributed by atoms with Gasteiger partial charge in [0.2, 0.25) is 0 Å². The lowest BCUT2D eigenvalue weighted by Crippen LogP contribution is -1.98. The quantitative estimate of drug-likeness (QED) is 0.805. The monoisotopic (exact) mass is 278 g/mol. The third-order valence-corrected chi connectivity index (χ3v) is 2.89. The van der Waals surface area contributed by atoms with Crippen LogP contribution < -0.4 is 4.74 Å². The van der Waals surface area contributed by atoms with Crippen LogP contribution in [0.4, 0.5) is 0 Å². The van der Waals surface area contributed by atoms with Gasteiger partial charge in [-0.3, -0.25) is 0 Å². The van der Waals surface area contributed by atoms with Crippen molar-refractivity contribution in [3.8, 4) is 17.1 Å². The highest BCUT2D eigenvalue weighted by Gasteiger charge is 2.08. The van der Waals surface area contributed by atoms with Crippen molar-refractivity contribution in [3.05, 3.63) is 40.7 Å². The highest BCUT2D eigenvalue weighted by Crippen LogP contribution is 2.25. The van der Waals surface area contributed by atoms with Gasteiger partial charge in [-0.05, 0) is 36.8 Å². The second kappa shape index (κ2) is 5.99. The molecule has 0 saturated heterocycles. The number of aryl methyl sites for hydroxylation is 1. The molecule has 0 aliphatic rings. The van der Waals surface area contributed by atoms with Gasteiger partial charge in [0.25, 0.3) is 0 Å². The Balaban J connectivity index is 2.43. The van der Waals surface area contributed by atoms with Crippen LogP contribution >= 0.6 is 11.6 Å². The molecule has 0 bridgehead atoms. The zero-order valence-electron chi connectivity index (χ0n) is 11.1. The third kappa shape index (κ3) is 3.22. The molecule has 100 valence electrons. The maximum Gasteiger partial charge on any atom is 0.161 e. The first-order valence-electron chi connectivity index (χ1n) is 5.81. The standard InChI is InChI=1S/C14H15ClN2O2/c1-9-6-10(4-5-12(9)19-3)14-16-11(8-18-2)7-13(15)17-14/h4-7H,8H2,1-3H3. The van der Waals surface area contributed by atoms with Gasteiger partial charge >= 0.3 is 0 Å². The zero-order valence-corrected chi connectivity index (χ0v) is 11.9. The molecule has 1 heterocycles. The van der Waals surface area contributed by atoms with Crippen LogP contribution in [-0.2, 0) is 11.3 Å². The van der Waals surface area contributed by atoms with Crippen LogP contribution in [-0.4, -0.2) is 24.2 Å². The largest absolute Gasteiger partial charge is 0.496 e. The van der Waals surface area contributed by atoms with E-state index in [2.05, 4.69) is 9.97 Å². The molecule has 2 rings (SSSR count). The van der Waals surface area contributed by atoms with Crippen LogP contribution in [0.2, 0.25) is 5.15 Å². The molecule has 5 heteroatoms. The van der Waals surface area contributed by atoms with Gasteiger partial charge in [0, 0.05) is 12.7 Å². The number of nitrogens with zero attached hydrogens (tertiary/aromatic N) is 2. The van der Waals surface area contributed by atoms with Gasteiger partial charge < -0.3 is 9.47 Å². The minimum atomic E-state index is 0.407. The number of halogens is 1. The number of hydrogen-bond acceptors (Lipinski definition) is 4. The molecular formula is C14H15ClN2O2. The third-order valence-electron chi connectivity index (χ3n) is 2.69. The molecule has 0 unspecified atom stereocenters. The SMILES string of the molecule is COCc1cc(Cl)nc(-c2ccc(OC)c(C)c2)n1. The van der Waals surface area contributed by atoms with E-state index >= 15 is 0 Å². The molecule has 4 nitrogen and oxygen atoms in total. The molecule has 0 N–H and O–H groups in total. The lowest BCUT2D eigenvalue weighted by atomic mass is 10.1. The first-order chi connectivity index (χ1) is 9.13. The summed E-state index contributed by atoms with van der Waals surface area (Å²) < 4.78 is 10.3. The number of methoxy groups -OCH3 is 2. The summed E-state index contributed by atoms with van der Waals surface area (Å²) in [7, 11) is 3.27. The fourth-order valence-electron chi connectivity index (χ4n) is 1.83. The molecule has 1 aromatic carbocycles. The molecule has 2 aromatic rings. The summed E-state index contributed by atoms with van der Waals surface area (Å²) in [6, 6.07) is 7.48. The molecule has 0 saturated carbocycles. The van der Waals surface area contributed by atoms with Crippen LogP contribution in [0, 0.1) is 6.92 Å². The van der Waals surface area contributed by atoms with E-state index in [1.54, 1.807) is 20.3 Å². The van der Waals surface area contributed by atoms with Crippen molar-refractivity contribution in [2.24, 2.45) is 0 Å². The summed E-state index contributed by atoms with van der Waals surface area (Å²) in [5, 5.41) is 0.408. The summed E-state index contributed by atoms with van der Waals surface area (Å²) in [6.07, 6.45) is 0. The lowest BCUT2D eigenvalue weighted by Gasteiger charge is -2.08. The Morgan fingerprint density at radius 2 is 1.95 bits per heavy atom. The topological polar surface area (TPSA) is 44.2 Å². The van der Waals surface area contributed by atoms with Gasteiger partial charge in [-0.15, -0.1) is 0 Å². The van der Waals surface area contributed by atoms with Crippen molar-refractivity contribution in [2.75, 3.05) is 14.2 Å². The van der Waals surface area contributed by atoms with Crippen LogP contribution in [0.25, 0.3) is 11.4 Å². The van der Waals surface area contributed by atoms with E-state index in [0.29, 0.717) is 17.6 Å². The number of benzene rings is 1.